The first-order valence-corrected chi connectivity index (χ1v) is 7.38. The molecule has 3 nitrogen and oxygen atoms in total. The van der Waals surface area contributed by atoms with E-state index in [0.717, 1.165) is 29.0 Å². The molecule has 0 radical (unpaired) electrons. The summed E-state index contributed by atoms with van der Waals surface area (Å²) in [5.41, 5.74) is 4.26. The third kappa shape index (κ3) is 2.69. The van der Waals surface area contributed by atoms with Crippen LogP contribution in [0.15, 0.2) is 48.5 Å². The lowest BCUT2D eigenvalue weighted by atomic mass is 10.0. The zero-order valence-electron chi connectivity index (χ0n) is 12.5. The zero-order chi connectivity index (χ0) is 14.8. The lowest BCUT2D eigenvalue weighted by Gasteiger charge is -2.12. The molecule has 1 unspecified atom stereocenters. The average molecular weight is 280 g/mol. The summed E-state index contributed by atoms with van der Waals surface area (Å²) >= 11 is 0. The molecule has 0 fully saturated rings. The van der Waals surface area contributed by atoms with Crippen molar-refractivity contribution in [2.45, 2.75) is 32.9 Å². The Bertz CT molecular complexity index is 744. The second kappa shape index (κ2) is 5.70. The number of aryl methyl sites for hydroxylation is 2. The van der Waals surface area contributed by atoms with Crippen molar-refractivity contribution in [2.75, 3.05) is 0 Å². The summed E-state index contributed by atoms with van der Waals surface area (Å²) in [6, 6.07) is 16.1. The van der Waals surface area contributed by atoms with E-state index < -0.39 is 6.10 Å². The molecule has 0 aliphatic carbocycles. The summed E-state index contributed by atoms with van der Waals surface area (Å²) < 4.78 is 2.17. The molecule has 21 heavy (non-hydrogen) atoms. The van der Waals surface area contributed by atoms with Crippen LogP contribution in [-0.4, -0.2) is 14.7 Å². The van der Waals surface area contributed by atoms with E-state index in [1.807, 2.05) is 49.4 Å². The maximum absolute atomic E-state index is 10.5. The molecule has 0 aliphatic heterocycles. The highest BCUT2D eigenvalue weighted by Crippen LogP contribution is 2.22. The first-order valence-electron chi connectivity index (χ1n) is 7.38. The topological polar surface area (TPSA) is 38.0 Å². The standard InChI is InChI=1S/C18H20N2O/c1-3-20-16-7-5-4-6-15(16)19-18(20)12-17(21)14-10-8-13(2)9-11-14/h4-11,17,21H,3,12H2,1-2H3. The van der Waals surface area contributed by atoms with Gasteiger partial charge in [0.1, 0.15) is 5.82 Å². The molecule has 0 spiro atoms. The largest absolute Gasteiger partial charge is 0.388 e. The van der Waals surface area contributed by atoms with Gasteiger partial charge in [0.2, 0.25) is 0 Å². The molecule has 0 bridgehead atoms. The Balaban J connectivity index is 1.92. The predicted octanol–water partition coefficient (Wildman–Crippen LogP) is 3.64. The van der Waals surface area contributed by atoms with Gasteiger partial charge in [-0.05, 0) is 31.5 Å². The number of aliphatic hydroxyl groups excluding tert-OH is 1. The van der Waals surface area contributed by atoms with Crippen molar-refractivity contribution in [3.63, 3.8) is 0 Å². The maximum atomic E-state index is 10.5. The number of nitrogens with zero attached hydrogens (tertiary/aromatic N) is 2. The number of aromatic nitrogens is 2. The molecule has 3 aromatic rings. The van der Waals surface area contributed by atoms with Crippen LogP contribution in [0, 0.1) is 6.92 Å². The number of imidazole rings is 1. The first-order chi connectivity index (χ1) is 10.2. The van der Waals surface area contributed by atoms with Crippen LogP contribution in [0.4, 0.5) is 0 Å². The fourth-order valence-electron chi connectivity index (χ4n) is 2.71. The maximum Gasteiger partial charge on any atom is 0.112 e. The van der Waals surface area contributed by atoms with Crippen molar-refractivity contribution < 1.29 is 5.11 Å². The van der Waals surface area contributed by atoms with Crippen molar-refractivity contribution >= 4 is 11.0 Å². The van der Waals surface area contributed by atoms with Crippen LogP contribution in [0.5, 0.6) is 0 Å². The van der Waals surface area contributed by atoms with E-state index >= 15 is 0 Å². The van der Waals surface area contributed by atoms with E-state index in [2.05, 4.69) is 22.5 Å². The van der Waals surface area contributed by atoms with E-state index in [-0.39, 0.29) is 0 Å². The van der Waals surface area contributed by atoms with Gasteiger partial charge in [-0.3, -0.25) is 0 Å². The van der Waals surface area contributed by atoms with E-state index in [1.54, 1.807) is 0 Å². The molecule has 1 N–H and O–H groups in total. The SMILES string of the molecule is CCn1c(CC(O)c2ccc(C)cc2)nc2ccccc21. The van der Waals surface area contributed by atoms with Gasteiger partial charge in [0.15, 0.2) is 0 Å². The average Bonchev–Trinajstić information content (AvgIpc) is 2.84. The summed E-state index contributed by atoms with van der Waals surface area (Å²) in [6.45, 7) is 5.01. The Morgan fingerprint density at radius 1 is 1.10 bits per heavy atom. The van der Waals surface area contributed by atoms with Gasteiger partial charge in [0, 0.05) is 13.0 Å². The Kier molecular flexibility index (Phi) is 3.76. The number of rotatable bonds is 4. The molecule has 3 rings (SSSR count). The molecular formula is C18H20N2O. The van der Waals surface area contributed by atoms with Crippen molar-refractivity contribution in [1.82, 2.24) is 9.55 Å². The van der Waals surface area contributed by atoms with E-state index in [1.165, 1.54) is 5.56 Å². The van der Waals surface area contributed by atoms with Gasteiger partial charge in [-0.1, -0.05) is 42.0 Å². The molecular weight excluding hydrogens is 260 g/mol. The van der Waals surface area contributed by atoms with Gasteiger partial charge in [0.05, 0.1) is 17.1 Å². The quantitative estimate of drug-likeness (QED) is 0.792. The molecule has 108 valence electrons. The fraction of sp³-hybridized carbons (Fsp3) is 0.278. The molecule has 0 saturated carbocycles. The normalized spacial score (nSPS) is 12.7. The number of para-hydroxylation sites is 2. The van der Waals surface area contributed by atoms with Crippen LogP contribution >= 0.6 is 0 Å². The van der Waals surface area contributed by atoms with Gasteiger partial charge in [-0.2, -0.15) is 0 Å². The van der Waals surface area contributed by atoms with Crippen molar-refractivity contribution in [1.29, 1.82) is 0 Å². The van der Waals surface area contributed by atoms with E-state index in [4.69, 9.17) is 0 Å². The van der Waals surface area contributed by atoms with Crippen LogP contribution in [0.25, 0.3) is 11.0 Å². The summed E-state index contributed by atoms with van der Waals surface area (Å²) in [7, 11) is 0. The van der Waals surface area contributed by atoms with Gasteiger partial charge < -0.3 is 9.67 Å². The fourth-order valence-corrected chi connectivity index (χ4v) is 2.71. The monoisotopic (exact) mass is 280 g/mol. The summed E-state index contributed by atoms with van der Waals surface area (Å²) in [4.78, 5) is 4.67. The second-order valence-corrected chi connectivity index (χ2v) is 5.39. The number of fused-ring (bicyclic) bond motifs is 1. The van der Waals surface area contributed by atoms with Crippen LogP contribution in [-0.2, 0) is 13.0 Å². The van der Waals surface area contributed by atoms with Gasteiger partial charge >= 0.3 is 0 Å². The summed E-state index contributed by atoms with van der Waals surface area (Å²) in [5, 5.41) is 10.5. The summed E-state index contributed by atoms with van der Waals surface area (Å²) in [5.74, 6) is 0.937. The zero-order valence-corrected chi connectivity index (χ0v) is 12.5. The van der Waals surface area contributed by atoms with Gasteiger partial charge in [-0.15, -0.1) is 0 Å². The number of hydrogen-bond donors (Lipinski definition) is 1. The van der Waals surface area contributed by atoms with Crippen LogP contribution in [0.2, 0.25) is 0 Å². The highest BCUT2D eigenvalue weighted by Gasteiger charge is 2.15. The second-order valence-electron chi connectivity index (χ2n) is 5.39. The lowest BCUT2D eigenvalue weighted by molar-refractivity contribution is 0.174. The molecule has 0 saturated heterocycles. The molecule has 3 heteroatoms. The molecule has 2 aromatic carbocycles. The van der Waals surface area contributed by atoms with Gasteiger partial charge in [-0.25, -0.2) is 4.98 Å². The third-order valence-corrected chi connectivity index (χ3v) is 3.89. The Morgan fingerprint density at radius 3 is 2.52 bits per heavy atom. The van der Waals surface area contributed by atoms with Crippen molar-refractivity contribution in [3.8, 4) is 0 Å². The molecule has 1 atom stereocenters. The molecule has 1 heterocycles. The Morgan fingerprint density at radius 2 is 1.81 bits per heavy atom. The predicted molar refractivity (Wildman–Crippen MR) is 85.2 cm³/mol. The van der Waals surface area contributed by atoms with Crippen molar-refractivity contribution in [2.24, 2.45) is 0 Å². The minimum Gasteiger partial charge on any atom is -0.388 e. The van der Waals surface area contributed by atoms with Gasteiger partial charge in [0.25, 0.3) is 0 Å². The highest BCUT2D eigenvalue weighted by atomic mass is 16.3. The minimum atomic E-state index is -0.521. The van der Waals surface area contributed by atoms with Crippen LogP contribution < -0.4 is 0 Å². The Labute approximate surface area is 124 Å². The third-order valence-electron chi connectivity index (χ3n) is 3.89. The molecule has 0 amide bonds. The van der Waals surface area contributed by atoms with Crippen molar-refractivity contribution in [3.05, 3.63) is 65.5 Å². The summed E-state index contributed by atoms with van der Waals surface area (Å²) in [6.07, 6.45) is 0.0127. The number of hydrogen-bond acceptors (Lipinski definition) is 2. The number of aliphatic hydroxyl groups is 1. The highest BCUT2D eigenvalue weighted by molar-refractivity contribution is 5.75. The first kappa shape index (κ1) is 13.8. The number of benzene rings is 2. The van der Waals surface area contributed by atoms with E-state index in [9.17, 15) is 5.11 Å². The minimum absolute atomic E-state index is 0.521. The van der Waals surface area contributed by atoms with Crippen LogP contribution in [0.1, 0.15) is 30.0 Å². The smallest absolute Gasteiger partial charge is 0.112 e. The Hall–Kier alpha value is -2.13. The molecule has 1 aromatic heterocycles. The molecule has 0 aliphatic rings. The van der Waals surface area contributed by atoms with E-state index in [0.29, 0.717) is 6.42 Å². The lowest BCUT2D eigenvalue weighted by Crippen LogP contribution is -2.08. The van der Waals surface area contributed by atoms with Crippen LogP contribution in [0.3, 0.4) is 0 Å².